The van der Waals surface area contributed by atoms with Crippen molar-refractivity contribution in [3.63, 3.8) is 0 Å². The quantitative estimate of drug-likeness (QED) is 0.900. The second kappa shape index (κ2) is 6.13. The fraction of sp³-hybridized carbons (Fsp3) is 0.133. The predicted molar refractivity (Wildman–Crippen MR) is 76.4 cm³/mol. The molecule has 0 atom stereocenters. The molecule has 5 heteroatoms. The average Bonchev–Trinajstić information content (AvgIpc) is 2.36. The summed E-state index contributed by atoms with van der Waals surface area (Å²) < 4.78 is 27.5. The van der Waals surface area contributed by atoms with Gasteiger partial charge >= 0.3 is 0 Å². The Morgan fingerprint density at radius 2 is 1.80 bits per heavy atom. The third kappa shape index (κ3) is 3.22. The lowest BCUT2D eigenvalue weighted by Gasteiger charge is -2.09. The first-order valence-electron chi connectivity index (χ1n) is 5.96. The van der Waals surface area contributed by atoms with Gasteiger partial charge in [-0.2, -0.15) is 0 Å². The van der Waals surface area contributed by atoms with Gasteiger partial charge in [-0.25, -0.2) is 8.78 Å². The van der Waals surface area contributed by atoms with Crippen LogP contribution in [0.25, 0.3) is 0 Å². The van der Waals surface area contributed by atoms with E-state index in [-0.39, 0.29) is 11.0 Å². The van der Waals surface area contributed by atoms with Crippen LogP contribution in [-0.2, 0) is 6.54 Å². The molecule has 2 rings (SSSR count). The first-order chi connectivity index (χ1) is 9.49. The molecule has 2 aromatic rings. The minimum Gasteiger partial charge on any atom is -0.348 e. The second-order valence-electron chi connectivity index (χ2n) is 4.35. The molecule has 0 aliphatic rings. The standard InChI is InChI=1S/C15H12BrF2NO/c1-9-4-2-3-5-10(9)8-19-15(20)14-12(17)6-11(16)7-13(14)18/h2-7H,8H2,1H3,(H,19,20). The van der Waals surface area contributed by atoms with Gasteiger partial charge in [0.05, 0.1) is 0 Å². The lowest BCUT2D eigenvalue weighted by Crippen LogP contribution is -2.25. The van der Waals surface area contributed by atoms with Crippen LogP contribution in [0.3, 0.4) is 0 Å². The first kappa shape index (κ1) is 14.7. The highest BCUT2D eigenvalue weighted by Crippen LogP contribution is 2.19. The van der Waals surface area contributed by atoms with Crippen molar-refractivity contribution in [2.45, 2.75) is 13.5 Å². The van der Waals surface area contributed by atoms with E-state index in [1.165, 1.54) is 0 Å². The molecule has 20 heavy (non-hydrogen) atoms. The Bertz CT molecular complexity index is 635. The van der Waals surface area contributed by atoms with Gasteiger partial charge in [0.1, 0.15) is 17.2 Å². The third-order valence-electron chi connectivity index (χ3n) is 2.93. The van der Waals surface area contributed by atoms with E-state index >= 15 is 0 Å². The van der Waals surface area contributed by atoms with Gasteiger partial charge in [-0.1, -0.05) is 40.2 Å². The maximum Gasteiger partial charge on any atom is 0.257 e. The fourth-order valence-electron chi connectivity index (χ4n) is 1.83. The topological polar surface area (TPSA) is 29.1 Å². The molecule has 104 valence electrons. The Morgan fingerprint density at radius 1 is 1.20 bits per heavy atom. The monoisotopic (exact) mass is 339 g/mol. The van der Waals surface area contributed by atoms with Crippen LogP contribution in [0.5, 0.6) is 0 Å². The number of hydrogen-bond donors (Lipinski definition) is 1. The van der Waals surface area contributed by atoms with Gasteiger partial charge < -0.3 is 5.32 Å². The highest BCUT2D eigenvalue weighted by Gasteiger charge is 2.18. The number of aryl methyl sites for hydroxylation is 1. The van der Waals surface area contributed by atoms with E-state index in [2.05, 4.69) is 21.2 Å². The summed E-state index contributed by atoms with van der Waals surface area (Å²) >= 11 is 2.97. The van der Waals surface area contributed by atoms with Crippen molar-refractivity contribution >= 4 is 21.8 Å². The Morgan fingerprint density at radius 3 is 2.40 bits per heavy atom. The Labute approximate surface area is 123 Å². The van der Waals surface area contributed by atoms with Crippen molar-refractivity contribution in [3.05, 3.63) is 69.2 Å². The zero-order valence-corrected chi connectivity index (χ0v) is 12.3. The van der Waals surface area contributed by atoms with Gasteiger partial charge in [0.2, 0.25) is 0 Å². The zero-order valence-electron chi connectivity index (χ0n) is 10.7. The number of halogens is 3. The number of hydrogen-bond acceptors (Lipinski definition) is 1. The van der Waals surface area contributed by atoms with Crippen LogP contribution in [0.1, 0.15) is 21.5 Å². The number of benzene rings is 2. The molecule has 0 saturated carbocycles. The predicted octanol–water partition coefficient (Wildman–Crippen LogP) is 3.97. The van der Waals surface area contributed by atoms with Gasteiger partial charge in [-0.3, -0.25) is 4.79 Å². The van der Waals surface area contributed by atoms with Gasteiger partial charge in [-0.05, 0) is 30.2 Å². The van der Waals surface area contributed by atoms with E-state index in [0.29, 0.717) is 0 Å². The van der Waals surface area contributed by atoms with E-state index in [0.717, 1.165) is 23.3 Å². The van der Waals surface area contributed by atoms with Gasteiger partial charge in [0, 0.05) is 11.0 Å². The third-order valence-corrected chi connectivity index (χ3v) is 3.39. The molecule has 0 radical (unpaired) electrons. The second-order valence-corrected chi connectivity index (χ2v) is 5.27. The fourth-order valence-corrected chi connectivity index (χ4v) is 2.23. The highest BCUT2D eigenvalue weighted by atomic mass is 79.9. The molecule has 0 aliphatic heterocycles. The summed E-state index contributed by atoms with van der Waals surface area (Å²) in [5.41, 5.74) is 1.34. The van der Waals surface area contributed by atoms with Crippen LogP contribution >= 0.6 is 15.9 Å². The van der Waals surface area contributed by atoms with Crippen LogP contribution in [0.2, 0.25) is 0 Å². The minimum absolute atomic E-state index is 0.223. The maximum absolute atomic E-state index is 13.6. The normalized spacial score (nSPS) is 10.4. The lowest BCUT2D eigenvalue weighted by molar-refractivity contribution is 0.0942. The summed E-state index contributed by atoms with van der Waals surface area (Å²) in [7, 11) is 0. The summed E-state index contributed by atoms with van der Waals surface area (Å²) in [6.45, 7) is 2.13. The van der Waals surface area contributed by atoms with E-state index < -0.39 is 23.1 Å². The van der Waals surface area contributed by atoms with Crippen LogP contribution in [0, 0.1) is 18.6 Å². The number of amides is 1. The van der Waals surface area contributed by atoms with E-state index in [1.54, 1.807) is 0 Å². The summed E-state index contributed by atoms with van der Waals surface area (Å²) in [5, 5.41) is 2.52. The smallest absolute Gasteiger partial charge is 0.257 e. The molecule has 2 nitrogen and oxygen atoms in total. The van der Waals surface area contributed by atoms with Crippen molar-refractivity contribution in [1.29, 1.82) is 0 Å². The molecule has 0 bridgehead atoms. The van der Waals surface area contributed by atoms with Crippen molar-refractivity contribution in [2.24, 2.45) is 0 Å². The SMILES string of the molecule is Cc1ccccc1CNC(=O)c1c(F)cc(Br)cc1F. The van der Waals surface area contributed by atoms with E-state index in [9.17, 15) is 13.6 Å². The molecule has 0 aromatic heterocycles. The van der Waals surface area contributed by atoms with Gasteiger partial charge in [0.25, 0.3) is 5.91 Å². The Balaban J connectivity index is 2.16. The molecule has 0 aliphatic carbocycles. The molecule has 2 aromatic carbocycles. The summed E-state index contributed by atoms with van der Waals surface area (Å²) in [6.07, 6.45) is 0. The molecule has 0 heterocycles. The van der Waals surface area contributed by atoms with E-state index in [1.807, 2.05) is 31.2 Å². The number of rotatable bonds is 3. The number of carbonyl (C=O) groups excluding carboxylic acids is 1. The molecule has 0 fully saturated rings. The average molecular weight is 340 g/mol. The van der Waals surface area contributed by atoms with Crippen molar-refractivity contribution in [2.75, 3.05) is 0 Å². The minimum atomic E-state index is -0.890. The van der Waals surface area contributed by atoms with Crippen molar-refractivity contribution < 1.29 is 13.6 Å². The molecular weight excluding hydrogens is 328 g/mol. The molecule has 0 saturated heterocycles. The first-order valence-corrected chi connectivity index (χ1v) is 6.75. The van der Waals surface area contributed by atoms with Gasteiger partial charge in [0.15, 0.2) is 0 Å². The largest absolute Gasteiger partial charge is 0.348 e. The summed E-state index contributed by atoms with van der Waals surface area (Å²) in [5.74, 6) is -2.55. The van der Waals surface area contributed by atoms with Crippen LogP contribution in [0.15, 0.2) is 40.9 Å². The highest BCUT2D eigenvalue weighted by molar-refractivity contribution is 9.10. The summed E-state index contributed by atoms with van der Waals surface area (Å²) in [6, 6.07) is 9.60. The van der Waals surface area contributed by atoms with Gasteiger partial charge in [-0.15, -0.1) is 0 Å². The molecule has 1 amide bonds. The Kier molecular flexibility index (Phi) is 4.49. The lowest BCUT2D eigenvalue weighted by atomic mass is 10.1. The Hall–Kier alpha value is -1.75. The maximum atomic E-state index is 13.6. The van der Waals surface area contributed by atoms with Crippen LogP contribution < -0.4 is 5.32 Å². The molecule has 1 N–H and O–H groups in total. The molecule has 0 unspecified atom stereocenters. The van der Waals surface area contributed by atoms with Crippen LogP contribution in [0.4, 0.5) is 8.78 Å². The molecular formula is C15H12BrF2NO. The summed E-state index contributed by atoms with van der Waals surface area (Å²) in [4.78, 5) is 11.9. The zero-order chi connectivity index (χ0) is 14.7. The van der Waals surface area contributed by atoms with Crippen molar-refractivity contribution in [3.8, 4) is 0 Å². The molecule has 0 spiro atoms. The van der Waals surface area contributed by atoms with E-state index in [4.69, 9.17) is 0 Å². The van der Waals surface area contributed by atoms with Crippen molar-refractivity contribution in [1.82, 2.24) is 5.32 Å². The number of nitrogens with one attached hydrogen (secondary N) is 1. The number of carbonyl (C=O) groups is 1. The van der Waals surface area contributed by atoms with Crippen LogP contribution in [-0.4, -0.2) is 5.91 Å².